The summed E-state index contributed by atoms with van der Waals surface area (Å²) in [6.07, 6.45) is 9.57. The fraction of sp³-hybridized carbons (Fsp3) is 0.321. The number of halogens is 1. The number of fused-ring (bicyclic) bond motifs is 5. The molecule has 2 N–H and O–H groups in total. The second-order valence-corrected chi connectivity index (χ2v) is 11.2. The van der Waals surface area contributed by atoms with Crippen molar-refractivity contribution in [3.63, 3.8) is 0 Å². The summed E-state index contributed by atoms with van der Waals surface area (Å²) in [7, 11) is 0. The molecule has 2 bridgehead atoms. The molecule has 7 nitrogen and oxygen atoms in total. The normalized spacial score (nSPS) is 24.2. The first-order valence-electron chi connectivity index (χ1n) is 12.6. The third-order valence-corrected chi connectivity index (χ3v) is 9.21. The maximum Gasteiger partial charge on any atom is 0.308 e. The first kappa shape index (κ1) is 22.5. The Hall–Kier alpha value is -3.72. The maximum absolute atomic E-state index is 16.2. The molecule has 0 aliphatic heterocycles. The molecular formula is C28H24FN5O2S. The van der Waals surface area contributed by atoms with Crippen LogP contribution < -0.4 is 5.32 Å². The van der Waals surface area contributed by atoms with Crippen LogP contribution in [0.15, 0.2) is 48.8 Å². The first-order valence-corrected chi connectivity index (χ1v) is 13.4. The van der Waals surface area contributed by atoms with Gasteiger partial charge in [0.1, 0.15) is 5.69 Å². The molecule has 4 aliphatic carbocycles. The highest BCUT2D eigenvalue weighted by Gasteiger charge is 2.47. The quantitative estimate of drug-likeness (QED) is 0.359. The van der Waals surface area contributed by atoms with Crippen LogP contribution in [-0.2, 0) is 11.2 Å². The molecule has 37 heavy (non-hydrogen) atoms. The molecule has 0 radical (unpaired) electrons. The van der Waals surface area contributed by atoms with Crippen LogP contribution in [0.25, 0.3) is 26.2 Å². The second-order valence-electron chi connectivity index (χ2n) is 10.1. The van der Waals surface area contributed by atoms with Gasteiger partial charge in [0.05, 0.1) is 22.2 Å². The molecule has 2 atom stereocenters. The molecule has 1 aromatic carbocycles. The smallest absolute Gasteiger partial charge is 0.308 e. The Kier molecular flexibility index (Phi) is 5.28. The number of nitrogens with zero attached hydrogens (tertiary/aromatic N) is 4. The van der Waals surface area contributed by atoms with E-state index in [1.54, 1.807) is 12.4 Å². The molecule has 8 rings (SSSR count). The number of anilines is 1. The summed E-state index contributed by atoms with van der Waals surface area (Å²) in [5.74, 6) is -1.24. The average molecular weight is 514 g/mol. The Morgan fingerprint density at radius 3 is 2.62 bits per heavy atom. The molecule has 3 aromatic heterocycles. The molecule has 9 heteroatoms. The topological polar surface area (TPSA) is 101 Å². The largest absolute Gasteiger partial charge is 0.481 e. The van der Waals surface area contributed by atoms with Crippen molar-refractivity contribution >= 4 is 38.8 Å². The van der Waals surface area contributed by atoms with Crippen LogP contribution in [0.2, 0.25) is 0 Å². The molecule has 0 spiro atoms. The van der Waals surface area contributed by atoms with E-state index in [1.165, 1.54) is 11.3 Å². The minimum absolute atomic E-state index is 0.0551. The zero-order chi connectivity index (χ0) is 25.1. The monoisotopic (exact) mass is 513 g/mol. The Balaban J connectivity index is 1.37. The van der Waals surface area contributed by atoms with Gasteiger partial charge in [-0.15, -0.1) is 11.3 Å². The van der Waals surface area contributed by atoms with Gasteiger partial charge in [-0.1, -0.05) is 24.3 Å². The Morgan fingerprint density at radius 1 is 1.03 bits per heavy atom. The SMILES string of the molecule is O=C(O)[C@H]1C2CCC(CC2)[C@@H]1Nc1nc(C2=CCc3nccnc32)nc(-c2cc3ccccc3s2)c1F. The van der Waals surface area contributed by atoms with Crippen molar-refractivity contribution in [1.82, 2.24) is 19.9 Å². The third kappa shape index (κ3) is 3.71. The van der Waals surface area contributed by atoms with Crippen molar-refractivity contribution in [3.05, 3.63) is 71.8 Å². The van der Waals surface area contributed by atoms with E-state index in [0.29, 0.717) is 28.4 Å². The van der Waals surface area contributed by atoms with Crippen LogP contribution in [0, 0.1) is 23.6 Å². The van der Waals surface area contributed by atoms with Gasteiger partial charge < -0.3 is 10.4 Å². The molecule has 4 aromatic rings. The van der Waals surface area contributed by atoms with Gasteiger partial charge in [0, 0.05) is 35.1 Å². The molecule has 4 aliphatic rings. The average Bonchev–Trinajstić information content (AvgIpc) is 3.55. The lowest BCUT2D eigenvalue weighted by molar-refractivity contribution is -0.148. The predicted octanol–water partition coefficient (Wildman–Crippen LogP) is 5.58. The predicted molar refractivity (Wildman–Crippen MR) is 140 cm³/mol. The van der Waals surface area contributed by atoms with E-state index < -0.39 is 17.7 Å². The van der Waals surface area contributed by atoms with Crippen LogP contribution in [0.3, 0.4) is 0 Å². The number of nitrogens with one attached hydrogen (secondary N) is 1. The number of allylic oxidation sites excluding steroid dienone is 1. The van der Waals surface area contributed by atoms with Gasteiger partial charge in [-0.25, -0.2) is 14.4 Å². The number of thiophene rings is 1. The van der Waals surface area contributed by atoms with Crippen LogP contribution in [0.1, 0.15) is 42.9 Å². The number of hydrogen-bond donors (Lipinski definition) is 2. The zero-order valence-electron chi connectivity index (χ0n) is 19.9. The maximum atomic E-state index is 16.2. The van der Waals surface area contributed by atoms with E-state index in [0.717, 1.165) is 41.5 Å². The highest BCUT2D eigenvalue weighted by atomic mass is 32.1. The van der Waals surface area contributed by atoms with Crippen LogP contribution in [0.5, 0.6) is 0 Å². The van der Waals surface area contributed by atoms with Crippen molar-refractivity contribution in [3.8, 4) is 10.6 Å². The summed E-state index contributed by atoms with van der Waals surface area (Å²) >= 11 is 1.47. The second kappa shape index (κ2) is 8.69. The number of aromatic nitrogens is 4. The van der Waals surface area contributed by atoms with Gasteiger partial charge in [-0.3, -0.25) is 14.8 Å². The van der Waals surface area contributed by atoms with Gasteiger partial charge in [-0.05, 0) is 55.0 Å². The first-order chi connectivity index (χ1) is 18.1. The number of benzene rings is 1. The number of carboxylic acids is 1. The highest BCUT2D eigenvalue weighted by molar-refractivity contribution is 7.22. The lowest BCUT2D eigenvalue weighted by Crippen LogP contribution is -2.51. The van der Waals surface area contributed by atoms with Gasteiger partial charge >= 0.3 is 5.97 Å². The Bertz CT molecular complexity index is 1540. The van der Waals surface area contributed by atoms with Gasteiger partial charge in [0.15, 0.2) is 17.5 Å². The molecule has 186 valence electrons. The summed E-state index contributed by atoms with van der Waals surface area (Å²) in [4.78, 5) is 31.2. The fourth-order valence-electron chi connectivity index (χ4n) is 6.33. The van der Waals surface area contributed by atoms with E-state index >= 15 is 4.39 Å². The number of carbonyl (C=O) groups is 1. The molecule has 0 amide bonds. The van der Waals surface area contributed by atoms with E-state index in [2.05, 4.69) is 20.3 Å². The lowest BCUT2D eigenvalue weighted by Gasteiger charge is -2.47. The van der Waals surface area contributed by atoms with Gasteiger partial charge in [0.2, 0.25) is 0 Å². The summed E-state index contributed by atoms with van der Waals surface area (Å²) < 4.78 is 17.2. The van der Waals surface area contributed by atoms with Gasteiger partial charge in [-0.2, -0.15) is 0 Å². The summed E-state index contributed by atoms with van der Waals surface area (Å²) in [6, 6.07) is 9.48. The summed E-state index contributed by atoms with van der Waals surface area (Å²) in [6.45, 7) is 0. The van der Waals surface area contributed by atoms with E-state index in [9.17, 15) is 9.90 Å². The molecular weight excluding hydrogens is 489 g/mol. The molecule has 3 fully saturated rings. The number of carboxylic acid groups (broad SMARTS) is 1. The lowest BCUT2D eigenvalue weighted by atomic mass is 9.61. The standard InChI is InChI=1S/C28H24FN5O2S/c29-22-25(20-13-16-3-1-2-4-19(16)37-20)33-26(17-9-10-18-24(17)31-12-11-30-18)34-27(22)32-23-15-7-5-14(6-8-15)21(23)28(35)36/h1-4,9,11-15,21,23H,5-8,10H2,(H,35,36)(H,32,33,34)/t14?,15?,21-,23-/m0/s1. The van der Waals surface area contributed by atoms with Crippen molar-refractivity contribution in [1.29, 1.82) is 0 Å². The number of rotatable bonds is 5. The minimum atomic E-state index is -0.825. The van der Waals surface area contributed by atoms with Crippen molar-refractivity contribution in [2.75, 3.05) is 5.32 Å². The van der Waals surface area contributed by atoms with Crippen LogP contribution in [-0.4, -0.2) is 37.1 Å². The van der Waals surface area contributed by atoms with E-state index in [4.69, 9.17) is 4.98 Å². The zero-order valence-corrected chi connectivity index (χ0v) is 20.7. The van der Waals surface area contributed by atoms with Crippen LogP contribution >= 0.6 is 11.3 Å². The van der Waals surface area contributed by atoms with E-state index in [-0.39, 0.29) is 29.4 Å². The molecule has 0 saturated heterocycles. The summed E-state index contributed by atoms with van der Waals surface area (Å²) in [5.41, 5.74) is 2.45. The van der Waals surface area contributed by atoms with E-state index in [1.807, 2.05) is 36.4 Å². The highest BCUT2D eigenvalue weighted by Crippen LogP contribution is 2.47. The van der Waals surface area contributed by atoms with Crippen molar-refractivity contribution in [2.45, 2.75) is 38.1 Å². The molecule has 3 saturated carbocycles. The van der Waals surface area contributed by atoms with Crippen molar-refractivity contribution < 1.29 is 14.3 Å². The Morgan fingerprint density at radius 2 is 1.81 bits per heavy atom. The number of aliphatic carboxylic acids is 1. The molecule has 0 unspecified atom stereocenters. The molecule has 3 heterocycles. The third-order valence-electron chi connectivity index (χ3n) is 8.09. The van der Waals surface area contributed by atoms with Crippen LogP contribution in [0.4, 0.5) is 10.2 Å². The van der Waals surface area contributed by atoms with Crippen molar-refractivity contribution in [2.24, 2.45) is 17.8 Å². The minimum Gasteiger partial charge on any atom is -0.481 e. The van der Waals surface area contributed by atoms with Gasteiger partial charge in [0.25, 0.3) is 0 Å². The fourth-order valence-corrected chi connectivity index (χ4v) is 7.38. The summed E-state index contributed by atoms with van der Waals surface area (Å²) in [5, 5.41) is 14.3. The number of hydrogen-bond acceptors (Lipinski definition) is 7. The Labute approximate surface area is 216 Å².